The van der Waals surface area contributed by atoms with Gasteiger partial charge in [-0.05, 0) is 42.4 Å². The van der Waals surface area contributed by atoms with Gasteiger partial charge < -0.3 is 4.90 Å². The van der Waals surface area contributed by atoms with Gasteiger partial charge in [0.2, 0.25) is 10.9 Å². The van der Waals surface area contributed by atoms with E-state index in [-0.39, 0.29) is 10.9 Å². The first-order chi connectivity index (χ1) is 9.97. The Bertz CT molecular complexity index is 751. The second-order valence-electron chi connectivity index (χ2n) is 6.50. The van der Waals surface area contributed by atoms with Crippen LogP contribution >= 0.6 is 0 Å². The molecule has 1 aliphatic rings. The minimum absolute atomic E-state index is 0.311. The highest BCUT2D eigenvalue weighted by Gasteiger charge is 2.25. The first kappa shape index (κ1) is 14.1. The third kappa shape index (κ3) is 2.41. The van der Waals surface area contributed by atoms with Crippen molar-refractivity contribution in [3.63, 3.8) is 0 Å². The van der Waals surface area contributed by atoms with Gasteiger partial charge in [-0.2, -0.15) is 0 Å². The van der Waals surface area contributed by atoms with Crippen LogP contribution in [0.15, 0.2) is 27.8 Å². The molecule has 0 aromatic heterocycles. The molecule has 3 rings (SSSR count). The molecule has 0 atom stereocenters. The van der Waals surface area contributed by atoms with E-state index in [2.05, 4.69) is 36.9 Å². The van der Waals surface area contributed by atoms with E-state index in [1.54, 1.807) is 6.92 Å². The summed E-state index contributed by atoms with van der Waals surface area (Å²) in [5, 5.41) is 0. The molecule has 3 nitrogen and oxygen atoms in total. The summed E-state index contributed by atoms with van der Waals surface area (Å²) in [6.07, 6.45) is 2.02. The Morgan fingerprint density at radius 3 is 2.57 bits per heavy atom. The van der Waals surface area contributed by atoms with Crippen molar-refractivity contribution in [3.8, 4) is 0 Å². The highest BCUT2D eigenvalue weighted by atomic mass is 16.2. The van der Waals surface area contributed by atoms with Gasteiger partial charge in [0, 0.05) is 18.7 Å². The summed E-state index contributed by atoms with van der Waals surface area (Å²) in [7, 11) is 0. The molecule has 2 aromatic carbocycles. The Balaban J connectivity index is 1.88. The van der Waals surface area contributed by atoms with Gasteiger partial charge in [0.25, 0.3) is 0 Å². The van der Waals surface area contributed by atoms with Crippen LogP contribution in [-0.2, 0) is 19.4 Å². The predicted octanol–water partition coefficient (Wildman–Crippen LogP) is 2.35. The maximum atomic E-state index is 11.7. The van der Waals surface area contributed by atoms with Crippen molar-refractivity contribution in [1.82, 2.24) is 0 Å². The molecular formula is C18H21NO2. The smallest absolute Gasteiger partial charge is 0.249 e. The topological polar surface area (TPSA) is 37.4 Å². The van der Waals surface area contributed by atoms with Crippen molar-refractivity contribution in [1.29, 1.82) is 0 Å². The minimum atomic E-state index is -0.315. The van der Waals surface area contributed by atoms with E-state index in [0.717, 1.165) is 25.9 Å². The van der Waals surface area contributed by atoms with Crippen molar-refractivity contribution < 1.29 is 0 Å². The number of hydrogen-bond donors (Lipinski definition) is 0. The molecule has 0 N–H and O–H groups in total. The molecule has 0 fully saturated rings. The van der Waals surface area contributed by atoms with Crippen molar-refractivity contribution in [2.45, 2.75) is 40.2 Å². The minimum Gasteiger partial charge on any atom is -0.363 e. The SMILES string of the molecule is Cc1c(N2CCc3ccc(CC(C)C)cc3C2)c(=O)c1=O. The molecular weight excluding hydrogens is 262 g/mol. The van der Waals surface area contributed by atoms with Crippen molar-refractivity contribution in [3.05, 3.63) is 60.9 Å². The fourth-order valence-corrected chi connectivity index (χ4v) is 3.27. The average molecular weight is 283 g/mol. The number of hydrogen-bond acceptors (Lipinski definition) is 3. The quantitative estimate of drug-likeness (QED) is 0.812. The number of rotatable bonds is 3. The summed E-state index contributed by atoms with van der Waals surface area (Å²) in [5.74, 6) is 0.638. The lowest BCUT2D eigenvalue weighted by Crippen LogP contribution is -2.44. The van der Waals surface area contributed by atoms with Gasteiger partial charge in [0.15, 0.2) is 0 Å². The molecule has 3 heteroatoms. The van der Waals surface area contributed by atoms with E-state index in [0.29, 0.717) is 17.2 Å². The molecule has 110 valence electrons. The number of benzene rings is 1. The van der Waals surface area contributed by atoms with Crippen LogP contribution in [0.1, 0.15) is 36.1 Å². The second kappa shape index (κ2) is 5.14. The number of nitrogens with zero attached hydrogens (tertiary/aromatic N) is 1. The van der Waals surface area contributed by atoms with Crippen LogP contribution in [0.4, 0.5) is 5.69 Å². The Kier molecular flexibility index (Phi) is 3.44. The molecule has 2 aromatic rings. The third-order valence-electron chi connectivity index (χ3n) is 4.36. The Labute approximate surface area is 124 Å². The molecule has 21 heavy (non-hydrogen) atoms. The Hall–Kier alpha value is -1.90. The van der Waals surface area contributed by atoms with E-state index in [1.165, 1.54) is 16.7 Å². The van der Waals surface area contributed by atoms with Crippen LogP contribution < -0.4 is 15.8 Å². The standard InChI is InChI=1S/C18H21NO2/c1-11(2)8-13-4-5-14-6-7-19(10-15(14)9-13)16-12(3)17(20)18(16)21/h4-5,9,11H,6-8,10H2,1-3H3. The largest absolute Gasteiger partial charge is 0.363 e. The average Bonchev–Trinajstić information content (AvgIpc) is 2.46. The summed E-state index contributed by atoms with van der Waals surface area (Å²) in [6.45, 7) is 7.76. The molecule has 0 amide bonds. The normalized spacial score (nSPS) is 14.8. The van der Waals surface area contributed by atoms with Gasteiger partial charge in [-0.15, -0.1) is 0 Å². The zero-order valence-electron chi connectivity index (χ0n) is 12.9. The summed E-state index contributed by atoms with van der Waals surface area (Å²) >= 11 is 0. The monoisotopic (exact) mass is 283 g/mol. The molecule has 0 unspecified atom stereocenters. The van der Waals surface area contributed by atoms with E-state index < -0.39 is 0 Å². The predicted molar refractivity (Wildman–Crippen MR) is 85.8 cm³/mol. The molecule has 1 heterocycles. The maximum Gasteiger partial charge on any atom is 0.249 e. The van der Waals surface area contributed by atoms with Crippen LogP contribution in [-0.4, -0.2) is 6.54 Å². The van der Waals surface area contributed by atoms with Gasteiger partial charge >= 0.3 is 0 Å². The summed E-state index contributed by atoms with van der Waals surface area (Å²) in [5.41, 5.74) is 4.66. The molecule has 0 saturated carbocycles. The lowest BCUT2D eigenvalue weighted by Gasteiger charge is -2.32. The van der Waals surface area contributed by atoms with Crippen LogP contribution in [0, 0.1) is 12.8 Å². The fraction of sp³-hybridized carbons (Fsp3) is 0.444. The summed E-state index contributed by atoms with van der Waals surface area (Å²) in [6, 6.07) is 6.71. The second-order valence-corrected chi connectivity index (χ2v) is 6.50. The summed E-state index contributed by atoms with van der Waals surface area (Å²) in [4.78, 5) is 25.2. The Morgan fingerprint density at radius 1 is 1.14 bits per heavy atom. The maximum absolute atomic E-state index is 11.7. The molecule has 0 bridgehead atoms. The van der Waals surface area contributed by atoms with Crippen LogP contribution in [0.3, 0.4) is 0 Å². The van der Waals surface area contributed by atoms with E-state index in [9.17, 15) is 9.59 Å². The molecule has 0 saturated heterocycles. The Morgan fingerprint density at radius 2 is 1.90 bits per heavy atom. The van der Waals surface area contributed by atoms with Crippen LogP contribution in [0.5, 0.6) is 0 Å². The molecule has 0 radical (unpaired) electrons. The molecule has 0 aliphatic carbocycles. The fourth-order valence-electron chi connectivity index (χ4n) is 3.27. The van der Waals surface area contributed by atoms with Gasteiger partial charge in [0.05, 0.1) is 5.69 Å². The third-order valence-corrected chi connectivity index (χ3v) is 4.36. The molecule has 0 spiro atoms. The summed E-state index contributed by atoms with van der Waals surface area (Å²) < 4.78 is 0. The number of anilines is 1. The van der Waals surface area contributed by atoms with Gasteiger partial charge in [0.1, 0.15) is 0 Å². The van der Waals surface area contributed by atoms with Crippen LogP contribution in [0.2, 0.25) is 0 Å². The van der Waals surface area contributed by atoms with Gasteiger partial charge in [-0.3, -0.25) is 9.59 Å². The lowest BCUT2D eigenvalue weighted by atomic mass is 9.93. The van der Waals surface area contributed by atoms with E-state index >= 15 is 0 Å². The van der Waals surface area contributed by atoms with Crippen molar-refractivity contribution in [2.24, 2.45) is 5.92 Å². The highest BCUT2D eigenvalue weighted by molar-refractivity contribution is 5.59. The first-order valence-electron chi connectivity index (χ1n) is 7.63. The van der Waals surface area contributed by atoms with Crippen molar-refractivity contribution in [2.75, 3.05) is 11.4 Å². The van der Waals surface area contributed by atoms with Crippen LogP contribution in [0.25, 0.3) is 0 Å². The van der Waals surface area contributed by atoms with E-state index in [1.807, 2.05) is 0 Å². The van der Waals surface area contributed by atoms with Crippen molar-refractivity contribution >= 4 is 5.69 Å². The van der Waals surface area contributed by atoms with E-state index in [4.69, 9.17) is 0 Å². The highest BCUT2D eigenvalue weighted by Crippen LogP contribution is 2.25. The van der Waals surface area contributed by atoms with Gasteiger partial charge in [-0.25, -0.2) is 0 Å². The zero-order valence-corrected chi connectivity index (χ0v) is 12.9. The van der Waals surface area contributed by atoms with Gasteiger partial charge in [-0.1, -0.05) is 32.0 Å². The lowest BCUT2D eigenvalue weighted by molar-refractivity contribution is 0.644. The first-order valence-corrected chi connectivity index (χ1v) is 7.63. The zero-order chi connectivity index (χ0) is 15.1. The molecule has 1 aliphatic heterocycles. The number of fused-ring (bicyclic) bond motifs is 1.